The highest BCUT2D eigenvalue weighted by atomic mass is 16.3. The van der Waals surface area contributed by atoms with E-state index in [0.717, 1.165) is 16.8 Å². The summed E-state index contributed by atoms with van der Waals surface area (Å²) >= 11 is 0. The number of aldehydes is 1. The SMILES string of the molecule is O=Cc1ccc(-c2cccc3c2CC(=O)N3)o1. The summed E-state index contributed by atoms with van der Waals surface area (Å²) in [6.07, 6.45) is 1.01. The Bertz CT molecular complexity index is 613. The zero-order chi connectivity index (χ0) is 11.8. The van der Waals surface area contributed by atoms with E-state index in [2.05, 4.69) is 5.32 Å². The van der Waals surface area contributed by atoms with Gasteiger partial charge in [-0.2, -0.15) is 0 Å². The molecule has 1 N–H and O–H groups in total. The van der Waals surface area contributed by atoms with Crippen molar-refractivity contribution in [1.82, 2.24) is 0 Å². The lowest BCUT2D eigenvalue weighted by Crippen LogP contribution is -2.03. The first kappa shape index (κ1) is 9.84. The van der Waals surface area contributed by atoms with E-state index in [-0.39, 0.29) is 11.7 Å². The summed E-state index contributed by atoms with van der Waals surface area (Å²) in [5, 5.41) is 2.78. The number of anilines is 1. The van der Waals surface area contributed by atoms with Crippen molar-refractivity contribution >= 4 is 17.9 Å². The number of furan rings is 1. The molecule has 1 aromatic carbocycles. The Kier molecular flexibility index (Phi) is 2.08. The van der Waals surface area contributed by atoms with Gasteiger partial charge in [0.15, 0.2) is 12.0 Å². The first-order valence-electron chi connectivity index (χ1n) is 5.25. The molecule has 84 valence electrons. The zero-order valence-electron chi connectivity index (χ0n) is 8.90. The second kappa shape index (κ2) is 3.59. The fraction of sp³-hybridized carbons (Fsp3) is 0.0769. The van der Waals surface area contributed by atoms with Gasteiger partial charge in [0.25, 0.3) is 0 Å². The van der Waals surface area contributed by atoms with E-state index < -0.39 is 0 Å². The standard InChI is InChI=1S/C13H9NO3/c15-7-8-4-5-12(17-8)9-2-1-3-11-10(9)6-13(16)14-11/h1-5,7H,6H2,(H,14,16). The van der Waals surface area contributed by atoms with Crippen molar-refractivity contribution in [2.45, 2.75) is 6.42 Å². The molecule has 0 bridgehead atoms. The van der Waals surface area contributed by atoms with Gasteiger partial charge >= 0.3 is 0 Å². The summed E-state index contributed by atoms with van der Waals surface area (Å²) < 4.78 is 5.37. The molecule has 0 aliphatic carbocycles. The first-order chi connectivity index (χ1) is 8.28. The number of hydrogen-bond donors (Lipinski definition) is 1. The lowest BCUT2D eigenvalue weighted by molar-refractivity contribution is -0.115. The van der Waals surface area contributed by atoms with Crippen LogP contribution in [-0.4, -0.2) is 12.2 Å². The second-order valence-electron chi connectivity index (χ2n) is 3.88. The lowest BCUT2D eigenvalue weighted by atomic mass is 10.0. The average Bonchev–Trinajstić information content (AvgIpc) is 2.92. The molecular formula is C13H9NO3. The van der Waals surface area contributed by atoms with Crippen LogP contribution < -0.4 is 5.32 Å². The number of fused-ring (bicyclic) bond motifs is 1. The Morgan fingerprint density at radius 1 is 1.24 bits per heavy atom. The van der Waals surface area contributed by atoms with Crippen molar-refractivity contribution in [1.29, 1.82) is 0 Å². The molecule has 2 aromatic rings. The number of carbonyl (C=O) groups excluding carboxylic acids is 2. The van der Waals surface area contributed by atoms with Crippen LogP contribution >= 0.6 is 0 Å². The Morgan fingerprint density at radius 3 is 2.88 bits per heavy atom. The van der Waals surface area contributed by atoms with Crippen molar-refractivity contribution in [3.8, 4) is 11.3 Å². The van der Waals surface area contributed by atoms with Crippen LogP contribution in [0.3, 0.4) is 0 Å². The largest absolute Gasteiger partial charge is 0.453 e. The fourth-order valence-electron chi connectivity index (χ4n) is 2.04. The first-order valence-corrected chi connectivity index (χ1v) is 5.25. The van der Waals surface area contributed by atoms with Crippen LogP contribution in [0.5, 0.6) is 0 Å². The minimum Gasteiger partial charge on any atom is -0.453 e. The van der Waals surface area contributed by atoms with Gasteiger partial charge in [0.1, 0.15) is 5.76 Å². The van der Waals surface area contributed by atoms with Crippen molar-refractivity contribution in [3.63, 3.8) is 0 Å². The van der Waals surface area contributed by atoms with E-state index >= 15 is 0 Å². The topological polar surface area (TPSA) is 59.3 Å². The second-order valence-corrected chi connectivity index (χ2v) is 3.88. The normalized spacial score (nSPS) is 13.3. The molecule has 17 heavy (non-hydrogen) atoms. The molecule has 1 aliphatic heterocycles. The molecule has 1 aromatic heterocycles. The zero-order valence-corrected chi connectivity index (χ0v) is 8.90. The summed E-state index contributed by atoms with van der Waals surface area (Å²) in [5.41, 5.74) is 2.59. The number of benzene rings is 1. The lowest BCUT2D eigenvalue weighted by Gasteiger charge is -2.03. The van der Waals surface area contributed by atoms with E-state index in [1.54, 1.807) is 12.1 Å². The van der Waals surface area contributed by atoms with Crippen LogP contribution in [0.2, 0.25) is 0 Å². The fourth-order valence-corrected chi connectivity index (χ4v) is 2.04. The summed E-state index contributed by atoms with van der Waals surface area (Å²) in [6, 6.07) is 8.94. The van der Waals surface area contributed by atoms with Crippen molar-refractivity contribution in [3.05, 3.63) is 41.7 Å². The van der Waals surface area contributed by atoms with Gasteiger partial charge in [-0.1, -0.05) is 12.1 Å². The Morgan fingerprint density at radius 2 is 2.12 bits per heavy atom. The summed E-state index contributed by atoms with van der Waals surface area (Å²) in [4.78, 5) is 21.9. The summed E-state index contributed by atoms with van der Waals surface area (Å²) in [7, 11) is 0. The van der Waals surface area contributed by atoms with Crippen LogP contribution in [0.25, 0.3) is 11.3 Å². The van der Waals surface area contributed by atoms with Crippen LogP contribution in [0.15, 0.2) is 34.7 Å². The summed E-state index contributed by atoms with van der Waals surface area (Å²) in [6.45, 7) is 0. The molecule has 0 saturated carbocycles. The maximum atomic E-state index is 11.3. The third-order valence-corrected chi connectivity index (χ3v) is 2.80. The number of hydrogen-bond acceptors (Lipinski definition) is 3. The molecule has 1 amide bonds. The summed E-state index contributed by atoms with van der Waals surface area (Å²) in [5.74, 6) is 0.880. The molecule has 2 heterocycles. The Hall–Kier alpha value is -2.36. The van der Waals surface area contributed by atoms with Gasteiger partial charge in [-0.25, -0.2) is 0 Å². The predicted octanol–water partition coefficient (Wildman–Crippen LogP) is 2.25. The molecule has 3 rings (SSSR count). The number of rotatable bonds is 2. The quantitative estimate of drug-likeness (QED) is 0.800. The third kappa shape index (κ3) is 1.54. The van der Waals surface area contributed by atoms with Gasteiger partial charge in [-0.05, 0) is 23.8 Å². The van der Waals surface area contributed by atoms with Gasteiger partial charge < -0.3 is 9.73 Å². The minimum atomic E-state index is -0.0189. The molecule has 0 fully saturated rings. The molecule has 0 atom stereocenters. The monoisotopic (exact) mass is 227 g/mol. The molecule has 1 aliphatic rings. The highest BCUT2D eigenvalue weighted by molar-refractivity contribution is 6.01. The van der Waals surface area contributed by atoms with E-state index in [1.165, 1.54) is 0 Å². The van der Waals surface area contributed by atoms with Crippen LogP contribution in [0.4, 0.5) is 5.69 Å². The average molecular weight is 227 g/mol. The predicted molar refractivity (Wildman–Crippen MR) is 61.9 cm³/mol. The molecule has 0 saturated heterocycles. The molecule has 0 unspecified atom stereocenters. The molecular weight excluding hydrogens is 218 g/mol. The van der Waals surface area contributed by atoms with Crippen LogP contribution in [-0.2, 0) is 11.2 Å². The van der Waals surface area contributed by atoms with Gasteiger partial charge in [0, 0.05) is 11.3 Å². The van der Waals surface area contributed by atoms with Crippen molar-refractivity contribution in [2.24, 2.45) is 0 Å². The van der Waals surface area contributed by atoms with Crippen LogP contribution in [0, 0.1) is 0 Å². The molecule has 0 radical (unpaired) electrons. The molecule has 0 spiro atoms. The van der Waals surface area contributed by atoms with Crippen molar-refractivity contribution in [2.75, 3.05) is 5.32 Å². The van der Waals surface area contributed by atoms with Crippen molar-refractivity contribution < 1.29 is 14.0 Å². The molecule has 4 nitrogen and oxygen atoms in total. The third-order valence-electron chi connectivity index (χ3n) is 2.80. The van der Waals surface area contributed by atoms with E-state index in [1.807, 2.05) is 18.2 Å². The maximum absolute atomic E-state index is 11.3. The smallest absolute Gasteiger partial charge is 0.228 e. The number of nitrogens with one attached hydrogen (secondary N) is 1. The van der Waals surface area contributed by atoms with Crippen LogP contribution in [0.1, 0.15) is 16.1 Å². The Labute approximate surface area is 97.2 Å². The number of amides is 1. The van der Waals surface area contributed by atoms with E-state index in [9.17, 15) is 9.59 Å². The molecule has 4 heteroatoms. The van der Waals surface area contributed by atoms with Gasteiger partial charge in [0.2, 0.25) is 5.91 Å². The van der Waals surface area contributed by atoms with Gasteiger partial charge in [-0.3, -0.25) is 9.59 Å². The maximum Gasteiger partial charge on any atom is 0.228 e. The minimum absolute atomic E-state index is 0.0189. The van der Waals surface area contributed by atoms with E-state index in [0.29, 0.717) is 18.5 Å². The van der Waals surface area contributed by atoms with E-state index in [4.69, 9.17) is 4.42 Å². The highest BCUT2D eigenvalue weighted by Gasteiger charge is 2.22. The highest BCUT2D eigenvalue weighted by Crippen LogP contribution is 2.33. The number of carbonyl (C=O) groups is 2. The van der Waals surface area contributed by atoms with Gasteiger partial charge in [-0.15, -0.1) is 0 Å². The van der Waals surface area contributed by atoms with Gasteiger partial charge in [0.05, 0.1) is 6.42 Å². The Balaban J connectivity index is 2.13.